The molecule has 11 heteroatoms. The fourth-order valence-electron chi connectivity index (χ4n) is 3.67. The van der Waals surface area contributed by atoms with Crippen LogP contribution in [0.4, 0.5) is 10.1 Å². The summed E-state index contributed by atoms with van der Waals surface area (Å²) in [5.74, 6) is -0.659. The van der Waals surface area contributed by atoms with E-state index in [1.54, 1.807) is 13.0 Å². The standard InChI is InChI=1S/C25H34FN3O6S/c1-6-14-27-25(31)21(7-2)28(16-18-8-10-19(26)11-9-18)24(30)17-29(36(5,32)33)20-12-13-22(34-3)23(15-20)35-4/h8-13,15,21H,6-7,14,16-17H2,1-5H3,(H,27,31). The molecular weight excluding hydrogens is 489 g/mol. The maximum absolute atomic E-state index is 13.6. The van der Waals surface area contributed by atoms with E-state index in [-0.39, 0.29) is 18.1 Å². The lowest BCUT2D eigenvalue weighted by Gasteiger charge is -2.33. The summed E-state index contributed by atoms with van der Waals surface area (Å²) < 4.78 is 50.3. The number of carbonyl (C=O) groups excluding carboxylic acids is 2. The molecule has 198 valence electrons. The van der Waals surface area contributed by atoms with Crippen molar-refractivity contribution in [1.82, 2.24) is 10.2 Å². The van der Waals surface area contributed by atoms with Crippen molar-refractivity contribution >= 4 is 27.5 Å². The van der Waals surface area contributed by atoms with Gasteiger partial charge in [-0.3, -0.25) is 13.9 Å². The Morgan fingerprint density at radius 1 is 1.03 bits per heavy atom. The zero-order chi connectivity index (χ0) is 26.9. The zero-order valence-corrected chi connectivity index (χ0v) is 22.1. The van der Waals surface area contributed by atoms with Gasteiger partial charge < -0.3 is 19.7 Å². The number of nitrogens with one attached hydrogen (secondary N) is 1. The number of benzene rings is 2. The van der Waals surface area contributed by atoms with Crippen LogP contribution >= 0.6 is 0 Å². The first-order valence-electron chi connectivity index (χ1n) is 11.6. The Balaban J connectivity index is 2.46. The fraction of sp³-hybridized carbons (Fsp3) is 0.440. The number of hydrogen-bond acceptors (Lipinski definition) is 6. The maximum Gasteiger partial charge on any atom is 0.244 e. The number of carbonyl (C=O) groups is 2. The Labute approximate surface area is 212 Å². The van der Waals surface area contributed by atoms with Crippen molar-refractivity contribution in [1.29, 1.82) is 0 Å². The normalized spacial score (nSPS) is 11.9. The van der Waals surface area contributed by atoms with Crippen LogP contribution in [0.5, 0.6) is 11.5 Å². The Hall–Kier alpha value is -3.34. The fourth-order valence-corrected chi connectivity index (χ4v) is 4.51. The molecule has 0 aliphatic heterocycles. The van der Waals surface area contributed by atoms with Crippen molar-refractivity contribution < 1.29 is 31.9 Å². The van der Waals surface area contributed by atoms with Crippen LogP contribution in [0.3, 0.4) is 0 Å². The number of sulfonamides is 1. The summed E-state index contributed by atoms with van der Waals surface area (Å²) in [5, 5.41) is 2.80. The molecule has 2 rings (SSSR count). The topological polar surface area (TPSA) is 105 Å². The number of amides is 2. The molecule has 0 radical (unpaired) electrons. The largest absolute Gasteiger partial charge is 0.493 e. The molecule has 1 atom stereocenters. The number of nitrogens with zero attached hydrogens (tertiary/aromatic N) is 2. The van der Waals surface area contributed by atoms with Gasteiger partial charge in [0.15, 0.2) is 11.5 Å². The second-order valence-corrected chi connectivity index (χ2v) is 10.1. The number of anilines is 1. The molecule has 0 aliphatic rings. The van der Waals surface area contributed by atoms with Crippen LogP contribution in [0, 0.1) is 5.82 Å². The average molecular weight is 524 g/mol. The minimum atomic E-state index is -3.90. The van der Waals surface area contributed by atoms with E-state index in [9.17, 15) is 22.4 Å². The Morgan fingerprint density at radius 2 is 1.67 bits per heavy atom. The van der Waals surface area contributed by atoms with Crippen molar-refractivity contribution in [3.63, 3.8) is 0 Å². The average Bonchev–Trinajstić information content (AvgIpc) is 2.85. The summed E-state index contributed by atoms with van der Waals surface area (Å²) in [7, 11) is -1.02. The number of hydrogen-bond donors (Lipinski definition) is 1. The lowest BCUT2D eigenvalue weighted by Crippen LogP contribution is -2.52. The van der Waals surface area contributed by atoms with E-state index >= 15 is 0 Å². The minimum Gasteiger partial charge on any atom is -0.493 e. The van der Waals surface area contributed by atoms with Crippen molar-refractivity contribution in [2.75, 3.05) is 37.9 Å². The van der Waals surface area contributed by atoms with E-state index in [4.69, 9.17) is 9.47 Å². The van der Waals surface area contributed by atoms with E-state index < -0.39 is 34.3 Å². The van der Waals surface area contributed by atoms with Gasteiger partial charge in [-0.15, -0.1) is 0 Å². The second-order valence-electron chi connectivity index (χ2n) is 8.17. The van der Waals surface area contributed by atoms with Crippen LogP contribution < -0.4 is 19.1 Å². The van der Waals surface area contributed by atoms with Gasteiger partial charge in [-0.2, -0.15) is 0 Å². The molecule has 2 amide bonds. The first kappa shape index (κ1) is 28.9. The van der Waals surface area contributed by atoms with Gasteiger partial charge in [0.05, 0.1) is 26.2 Å². The Bertz CT molecular complexity index is 1140. The minimum absolute atomic E-state index is 0.000695. The van der Waals surface area contributed by atoms with E-state index in [0.717, 1.165) is 17.0 Å². The molecule has 1 unspecified atom stereocenters. The number of methoxy groups -OCH3 is 2. The van der Waals surface area contributed by atoms with Crippen LogP contribution in [0.2, 0.25) is 0 Å². The summed E-state index contributed by atoms with van der Waals surface area (Å²) in [6.07, 6.45) is 2.01. The van der Waals surface area contributed by atoms with E-state index in [1.165, 1.54) is 55.5 Å². The highest BCUT2D eigenvalue weighted by molar-refractivity contribution is 7.92. The van der Waals surface area contributed by atoms with Crippen LogP contribution in [0.1, 0.15) is 32.3 Å². The molecule has 0 saturated carbocycles. The quantitative estimate of drug-likeness (QED) is 0.433. The Morgan fingerprint density at radius 3 is 2.19 bits per heavy atom. The molecule has 0 fully saturated rings. The van der Waals surface area contributed by atoms with Crippen molar-refractivity contribution in [2.24, 2.45) is 0 Å². The van der Waals surface area contributed by atoms with Crippen LogP contribution in [-0.2, 0) is 26.2 Å². The predicted octanol–water partition coefficient (Wildman–Crippen LogP) is 2.94. The first-order chi connectivity index (χ1) is 17.0. The van der Waals surface area contributed by atoms with Crippen LogP contribution in [-0.4, -0.2) is 64.7 Å². The SMILES string of the molecule is CCCNC(=O)C(CC)N(Cc1ccc(F)cc1)C(=O)CN(c1ccc(OC)c(OC)c1)S(C)(=O)=O. The molecule has 1 N–H and O–H groups in total. The van der Waals surface area contributed by atoms with Gasteiger partial charge in [-0.05, 0) is 42.7 Å². The molecule has 2 aromatic rings. The van der Waals surface area contributed by atoms with E-state index in [0.29, 0.717) is 30.0 Å². The highest BCUT2D eigenvalue weighted by Crippen LogP contribution is 2.32. The molecule has 9 nitrogen and oxygen atoms in total. The van der Waals surface area contributed by atoms with Crippen molar-refractivity contribution in [3.05, 3.63) is 53.8 Å². The summed E-state index contributed by atoms with van der Waals surface area (Å²) >= 11 is 0. The molecular formula is C25H34FN3O6S. The van der Waals surface area contributed by atoms with Gasteiger partial charge in [-0.1, -0.05) is 26.0 Å². The van der Waals surface area contributed by atoms with Crippen molar-refractivity contribution in [2.45, 2.75) is 39.3 Å². The predicted molar refractivity (Wildman–Crippen MR) is 136 cm³/mol. The lowest BCUT2D eigenvalue weighted by atomic mass is 10.1. The van der Waals surface area contributed by atoms with E-state index in [2.05, 4.69) is 5.32 Å². The smallest absolute Gasteiger partial charge is 0.244 e. The Kier molecular flexibility index (Phi) is 10.5. The van der Waals surface area contributed by atoms with Gasteiger partial charge in [-0.25, -0.2) is 12.8 Å². The van der Waals surface area contributed by atoms with Gasteiger partial charge in [0.1, 0.15) is 18.4 Å². The van der Waals surface area contributed by atoms with Crippen LogP contribution in [0.15, 0.2) is 42.5 Å². The third-order valence-electron chi connectivity index (χ3n) is 5.54. The van der Waals surface area contributed by atoms with Gasteiger partial charge in [0, 0.05) is 19.2 Å². The monoisotopic (exact) mass is 523 g/mol. The van der Waals surface area contributed by atoms with E-state index in [1.807, 2.05) is 6.92 Å². The summed E-state index contributed by atoms with van der Waals surface area (Å²) in [6.45, 7) is 3.57. The molecule has 0 spiro atoms. The molecule has 0 saturated heterocycles. The number of rotatable bonds is 13. The first-order valence-corrected chi connectivity index (χ1v) is 13.4. The van der Waals surface area contributed by atoms with Gasteiger partial charge in [0.2, 0.25) is 21.8 Å². The third kappa shape index (κ3) is 7.58. The molecule has 0 aliphatic carbocycles. The molecule has 0 bridgehead atoms. The molecule has 0 heterocycles. The summed E-state index contributed by atoms with van der Waals surface area (Å²) in [5.41, 5.74) is 0.803. The molecule has 0 aromatic heterocycles. The maximum atomic E-state index is 13.6. The summed E-state index contributed by atoms with van der Waals surface area (Å²) in [4.78, 5) is 27.8. The number of ether oxygens (including phenoxy) is 2. The van der Waals surface area contributed by atoms with Crippen LogP contribution in [0.25, 0.3) is 0 Å². The summed E-state index contributed by atoms with van der Waals surface area (Å²) in [6, 6.07) is 9.24. The lowest BCUT2D eigenvalue weighted by molar-refractivity contribution is -0.140. The molecule has 2 aromatic carbocycles. The second kappa shape index (κ2) is 13.1. The number of halogens is 1. The van der Waals surface area contributed by atoms with Gasteiger partial charge in [0.25, 0.3) is 0 Å². The van der Waals surface area contributed by atoms with Crippen molar-refractivity contribution in [3.8, 4) is 11.5 Å². The van der Waals surface area contributed by atoms with Gasteiger partial charge >= 0.3 is 0 Å². The highest BCUT2D eigenvalue weighted by Gasteiger charge is 2.32. The third-order valence-corrected chi connectivity index (χ3v) is 6.68. The zero-order valence-electron chi connectivity index (χ0n) is 21.3. The highest BCUT2D eigenvalue weighted by atomic mass is 32.2. The molecule has 36 heavy (non-hydrogen) atoms.